The van der Waals surface area contributed by atoms with Gasteiger partial charge in [0.2, 0.25) is 0 Å². The van der Waals surface area contributed by atoms with Crippen LogP contribution in [0.4, 0.5) is 4.39 Å². The highest BCUT2D eigenvalue weighted by atomic mass is 19.1. The van der Waals surface area contributed by atoms with Gasteiger partial charge in [0.1, 0.15) is 11.6 Å². The molecule has 0 bridgehead atoms. The number of halogens is 1. The fraction of sp³-hybridized carbons (Fsp3) is 0.538. The molecule has 0 amide bonds. The van der Waals surface area contributed by atoms with Gasteiger partial charge in [-0.25, -0.2) is 4.39 Å². The molecule has 0 unspecified atom stereocenters. The van der Waals surface area contributed by atoms with E-state index in [-0.39, 0.29) is 17.8 Å². The van der Waals surface area contributed by atoms with Crippen LogP contribution >= 0.6 is 0 Å². The summed E-state index contributed by atoms with van der Waals surface area (Å²) in [6, 6.07) is 4.42. The molecule has 0 radical (unpaired) electrons. The summed E-state index contributed by atoms with van der Waals surface area (Å²) >= 11 is 0. The molecule has 1 fully saturated rings. The molecule has 4 heteroatoms. The number of benzene rings is 1. The maximum Gasteiger partial charge on any atom is 0.128 e. The first-order chi connectivity index (χ1) is 8.22. The van der Waals surface area contributed by atoms with Crippen LogP contribution in [-0.4, -0.2) is 20.3 Å². The SMILES string of the molecule is COc1ccc(F)c([C@@H](N)C2CCOCC2)c1. The molecule has 3 nitrogen and oxygen atoms in total. The van der Waals surface area contributed by atoms with Gasteiger partial charge in [-0.2, -0.15) is 0 Å². The Morgan fingerprint density at radius 1 is 1.41 bits per heavy atom. The van der Waals surface area contributed by atoms with Gasteiger partial charge in [-0.15, -0.1) is 0 Å². The quantitative estimate of drug-likeness (QED) is 0.880. The van der Waals surface area contributed by atoms with Crippen molar-refractivity contribution in [2.75, 3.05) is 20.3 Å². The van der Waals surface area contributed by atoms with Crippen LogP contribution in [0.5, 0.6) is 5.75 Å². The Balaban J connectivity index is 2.19. The van der Waals surface area contributed by atoms with E-state index in [9.17, 15) is 4.39 Å². The van der Waals surface area contributed by atoms with Crippen LogP contribution in [0.3, 0.4) is 0 Å². The minimum Gasteiger partial charge on any atom is -0.497 e. The van der Waals surface area contributed by atoms with Gasteiger partial charge in [0, 0.05) is 24.8 Å². The van der Waals surface area contributed by atoms with Gasteiger partial charge >= 0.3 is 0 Å². The molecule has 0 saturated carbocycles. The second-order valence-electron chi connectivity index (χ2n) is 4.36. The normalized spacial score (nSPS) is 19.0. The molecule has 1 aromatic rings. The first kappa shape index (κ1) is 12.3. The Morgan fingerprint density at radius 2 is 2.12 bits per heavy atom. The van der Waals surface area contributed by atoms with Crippen molar-refractivity contribution in [2.24, 2.45) is 11.7 Å². The van der Waals surface area contributed by atoms with Crippen molar-refractivity contribution in [3.05, 3.63) is 29.6 Å². The van der Waals surface area contributed by atoms with Crippen molar-refractivity contribution in [3.8, 4) is 5.75 Å². The Morgan fingerprint density at radius 3 is 2.76 bits per heavy atom. The summed E-state index contributed by atoms with van der Waals surface area (Å²) in [5.41, 5.74) is 6.68. The fourth-order valence-electron chi connectivity index (χ4n) is 2.23. The van der Waals surface area contributed by atoms with Crippen LogP contribution in [0.25, 0.3) is 0 Å². The van der Waals surface area contributed by atoms with Gasteiger partial charge < -0.3 is 15.2 Å². The zero-order valence-corrected chi connectivity index (χ0v) is 9.99. The van der Waals surface area contributed by atoms with Crippen molar-refractivity contribution in [1.82, 2.24) is 0 Å². The summed E-state index contributed by atoms with van der Waals surface area (Å²) in [4.78, 5) is 0. The Kier molecular flexibility index (Phi) is 3.97. The average molecular weight is 239 g/mol. The molecule has 0 aromatic heterocycles. The number of nitrogens with two attached hydrogens (primary N) is 1. The zero-order chi connectivity index (χ0) is 12.3. The smallest absolute Gasteiger partial charge is 0.128 e. The van der Waals surface area contributed by atoms with E-state index >= 15 is 0 Å². The van der Waals surface area contributed by atoms with Crippen LogP contribution in [0.15, 0.2) is 18.2 Å². The predicted octanol–water partition coefficient (Wildman–Crippen LogP) is 2.26. The highest BCUT2D eigenvalue weighted by Gasteiger charge is 2.24. The Hall–Kier alpha value is -1.13. The maximum atomic E-state index is 13.7. The van der Waals surface area contributed by atoms with Gasteiger partial charge in [-0.1, -0.05) is 0 Å². The molecule has 17 heavy (non-hydrogen) atoms. The summed E-state index contributed by atoms with van der Waals surface area (Å²) in [7, 11) is 1.57. The van der Waals surface area contributed by atoms with E-state index in [2.05, 4.69) is 0 Å². The van der Waals surface area contributed by atoms with Gasteiger partial charge in [0.25, 0.3) is 0 Å². The van der Waals surface area contributed by atoms with Crippen LogP contribution in [0.2, 0.25) is 0 Å². The summed E-state index contributed by atoms with van der Waals surface area (Å²) in [5.74, 6) is 0.666. The van der Waals surface area contributed by atoms with E-state index in [1.54, 1.807) is 19.2 Å². The highest BCUT2D eigenvalue weighted by molar-refractivity contribution is 5.32. The molecule has 1 saturated heterocycles. The summed E-state index contributed by atoms with van der Waals surface area (Å²) in [5, 5.41) is 0. The van der Waals surface area contributed by atoms with Gasteiger partial charge in [-0.3, -0.25) is 0 Å². The molecule has 1 aliphatic heterocycles. The first-order valence-corrected chi connectivity index (χ1v) is 5.89. The Bertz CT molecular complexity index is 378. The van der Waals surface area contributed by atoms with Crippen molar-refractivity contribution in [2.45, 2.75) is 18.9 Å². The lowest BCUT2D eigenvalue weighted by Crippen LogP contribution is -2.28. The van der Waals surface area contributed by atoms with Gasteiger partial charge in [0.05, 0.1) is 7.11 Å². The monoisotopic (exact) mass is 239 g/mol. The maximum absolute atomic E-state index is 13.7. The third-order valence-corrected chi connectivity index (χ3v) is 3.34. The van der Waals surface area contributed by atoms with Crippen molar-refractivity contribution >= 4 is 0 Å². The van der Waals surface area contributed by atoms with Gasteiger partial charge in [0.15, 0.2) is 0 Å². The van der Waals surface area contributed by atoms with E-state index in [1.807, 2.05) is 0 Å². The molecule has 2 rings (SSSR count). The minimum absolute atomic E-state index is 0.259. The number of ether oxygens (including phenoxy) is 2. The number of rotatable bonds is 3. The molecular weight excluding hydrogens is 221 g/mol. The van der Waals surface area contributed by atoms with E-state index < -0.39 is 0 Å². The average Bonchev–Trinajstić information content (AvgIpc) is 2.39. The minimum atomic E-state index is -0.283. The summed E-state index contributed by atoms with van der Waals surface area (Å²) in [6.07, 6.45) is 1.77. The molecule has 1 aliphatic rings. The Labute approximate surface area is 101 Å². The number of hydrogen-bond acceptors (Lipinski definition) is 3. The van der Waals surface area contributed by atoms with Crippen LogP contribution < -0.4 is 10.5 Å². The standard InChI is InChI=1S/C13H18FNO2/c1-16-10-2-3-12(14)11(8-10)13(15)9-4-6-17-7-5-9/h2-3,8-9,13H,4-7,15H2,1H3/t13-/m0/s1. The topological polar surface area (TPSA) is 44.5 Å². The molecular formula is C13H18FNO2. The zero-order valence-electron chi connectivity index (χ0n) is 9.99. The second kappa shape index (κ2) is 5.47. The third kappa shape index (κ3) is 2.76. The fourth-order valence-corrected chi connectivity index (χ4v) is 2.23. The highest BCUT2D eigenvalue weighted by Crippen LogP contribution is 2.31. The molecule has 0 spiro atoms. The second-order valence-corrected chi connectivity index (χ2v) is 4.36. The number of hydrogen-bond donors (Lipinski definition) is 1. The van der Waals surface area contributed by atoms with Gasteiger partial charge in [-0.05, 0) is 37.0 Å². The van der Waals surface area contributed by atoms with E-state index in [0.29, 0.717) is 24.5 Å². The lowest BCUT2D eigenvalue weighted by molar-refractivity contribution is 0.0580. The lowest BCUT2D eigenvalue weighted by atomic mass is 9.87. The predicted molar refractivity (Wildman–Crippen MR) is 63.4 cm³/mol. The summed E-state index contributed by atoms with van der Waals surface area (Å²) < 4.78 is 24.1. The summed E-state index contributed by atoms with van der Waals surface area (Å²) in [6.45, 7) is 1.42. The van der Waals surface area contributed by atoms with Crippen molar-refractivity contribution in [3.63, 3.8) is 0 Å². The van der Waals surface area contributed by atoms with Crippen LogP contribution in [0.1, 0.15) is 24.4 Å². The molecule has 0 aliphatic carbocycles. The van der Waals surface area contributed by atoms with E-state index in [1.165, 1.54) is 6.07 Å². The van der Waals surface area contributed by atoms with E-state index in [0.717, 1.165) is 12.8 Å². The van der Waals surface area contributed by atoms with Crippen molar-refractivity contribution in [1.29, 1.82) is 0 Å². The largest absolute Gasteiger partial charge is 0.497 e. The number of methoxy groups -OCH3 is 1. The molecule has 1 aromatic carbocycles. The van der Waals surface area contributed by atoms with Crippen molar-refractivity contribution < 1.29 is 13.9 Å². The van der Waals surface area contributed by atoms with E-state index in [4.69, 9.17) is 15.2 Å². The molecule has 1 atom stereocenters. The molecule has 94 valence electrons. The molecule has 1 heterocycles. The molecule has 2 N–H and O–H groups in total. The lowest BCUT2D eigenvalue weighted by Gasteiger charge is -2.28. The third-order valence-electron chi connectivity index (χ3n) is 3.34. The van der Waals surface area contributed by atoms with Crippen LogP contribution in [-0.2, 0) is 4.74 Å². The first-order valence-electron chi connectivity index (χ1n) is 5.89. The van der Waals surface area contributed by atoms with Crippen LogP contribution in [0, 0.1) is 11.7 Å².